The van der Waals surface area contributed by atoms with Gasteiger partial charge in [0.05, 0.1) is 29.7 Å². The zero-order chi connectivity index (χ0) is 20.0. The number of nitrogens with zero attached hydrogens (tertiary/aromatic N) is 1. The number of quaternary nitrogens is 1. The molecule has 1 aliphatic rings. The van der Waals surface area contributed by atoms with Crippen LogP contribution in [0, 0.1) is 5.92 Å². The fraction of sp³-hybridized carbons (Fsp3) is 0.304. The van der Waals surface area contributed by atoms with E-state index in [-0.39, 0.29) is 5.75 Å². The number of para-hydroxylation sites is 2. The molecule has 29 heavy (non-hydrogen) atoms. The van der Waals surface area contributed by atoms with Gasteiger partial charge in [0, 0.05) is 11.3 Å². The average Bonchev–Trinajstić information content (AvgIpc) is 3.14. The molecule has 0 aliphatic carbocycles. The zero-order valence-electron chi connectivity index (χ0n) is 16.4. The Balaban J connectivity index is 1.59. The molecule has 1 saturated heterocycles. The molecule has 3 heterocycles. The fourth-order valence-corrected chi connectivity index (χ4v) is 4.46. The van der Waals surface area contributed by atoms with Crippen LogP contribution in [-0.4, -0.2) is 28.2 Å². The molecule has 1 unspecified atom stereocenters. The number of hydrogen-bond acceptors (Lipinski definition) is 4. The largest absolute Gasteiger partial charge is 0.507 e. The van der Waals surface area contributed by atoms with Gasteiger partial charge in [-0.25, -0.2) is 9.78 Å². The van der Waals surface area contributed by atoms with Crippen molar-refractivity contribution < 1.29 is 14.4 Å². The molecule has 4 aromatic rings. The van der Waals surface area contributed by atoms with E-state index in [9.17, 15) is 9.90 Å². The number of aromatic amines is 1. The van der Waals surface area contributed by atoms with Crippen LogP contribution in [0.4, 0.5) is 0 Å². The van der Waals surface area contributed by atoms with Crippen LogP contribution in [0.15, 0.2) is 51.7 Å². The minimum Gasteiger partial charge on any atom is -0.507 e. The molecule has 3 N–H and O–H groups in total. The fourth-order valence-electron chi connectivity index (χ4n) is 4.46. The third-order valence-electron chi connectivity index (χ3n) is 5.92. The van der Waals surface area contributed by atoms with Gasteiger partial charge in [0.15, 0.2) is 5.58 Å². The number of phenols is 1. The zero-order valence-corrected chi connectivity index (χ0v) is 16.4. The number of piperidine rings is 1. The number of hydrogen-bond donors (Lipinski definition) is 3. The molecule has 0 radical (unpaired) electrons. The quantitative estimate of drug-likeness (QED) is 0.470. The molecule has 0 saturated carbocycles. The summed E-state index contributed by atoms with van der Waals surface area (Å²) in [5.74, 6) is 1.34. The van der Waals surface area contributed by atoms with Crippen LogP contribution in [-0.2, 0) is 6.54 Å². The molecule has 2 aromatic carbocycles. The van der Waals surface area contributed by atoms with Crippen molar-refractivity contribution in [3.63, 3.8) is 0 Å². The number of imidazole rings is 1. The van der Waals surface area contributed by atoms with Gasteiger partial charge < -0.3 is 19.4 Å². The minimum absolute atomic E-state index is 0.183. The van der Waals surface area contributed by atoms with Gasteiger partial charge in [-0.2, -0.15) is 0 Å². The number of nitrogens with one attached hydrogen (secondary N) is 2. The SMILES string of the molecule is C[C@H]1CCC[NH+](Cc2c(O)ccc3cc(-c4nc5ccccc5[nH]4)c(=O)oc23)C1. The number of aromatic nitrogens is 2. The van der Waals surface area contributed by atoms with Crippen LogP contribution in [0.2, 0.25) is 0 Å². The van der Waals surface area contributed by atoms with Crippen LogP contribution in [0.1, 0.15) is 25.3 Å². The summed E-state index contributed by atoms with van der Waals surface area (Å²) in [5.41, 5.74) is 2.79. The molecule has 1 aliphatic heterocycles. The summed E-state index contributed by atoms with van der Waals surface area (Å²) < 4.78 is 5.73. The van der Waals surface area contributed by atoms with Crippen molar-refractivity contribution >= 4 is 22.0 Å². The Labute approximate surface area is 167 Å². The number of fused-ring (bicyclic) bond motifs is 2. The van der Waals surface area contributed by atoms with Crippen LogP contribution in [0.5, 0.6) is 5.75 Å². The van der Waals surface area contributed by atoms with Crippen molar-refractivity contribution in [1.29, 1.82) is 0 Å². The van der Waals surface area contributed by atoms with Crippen LogP contribution in [0.25, 0.3) is 33.4 Å². The average molecular weight is 390 g/mol. The lowest BCUT2D eigenvalue weighted by Gasteiger charge is -2.28. The van der Waals surface area contributed by atoms with Crippen molar-refractivity contribution in [3.05, 3.63) is 58.4 Å². The minimum atomic E-state index is -0.453. The Kier molecular flexibility index (Phi) is 4.36. The maximum absolute atomic E-state index is 12.8. The molecule has 5 rings (SSSR count). The van der Waals surface area contributed by atoms with E-state index in [0.717, 1.165) is 29.5 Å². The first-order valence-corrected chi connectivity index (χ1v) is 10.2. The van der Waals surface area contributed by atoms with E-state index in [1.807, 2.05) is 24.3 Å². The molecular formula is C23H24N3O3+. The second kappa shape index (κ2) is 7.04. The maximum atomic E-state index is 12.8. The van der Waals surface area contributed by atoms with Gasteiger partial charge in [0.25, 0.3) is 0 Å². The summed E-state index contributed by atoms with van der Waals surface area (Å²) in [6.07, 6.45) is 2.43. The summed E-state index contributed by atoms with van der Waals surface area (Å²) in [6, 6.07) is 12.9. The predicted octanol–water partition coefficient (Wildman–Crippen LogP) is 2.86. The van der Waals surface area contributed by atoms with Gasteiger partial charge in [-0.1, -0.05) is 19.1 Å². The molecule has 2 aromatic heterocycles. The van der Waals surface area contributed by atoms with E-state index in [0.29, 0.717) is 35.0 Å². The summed E-state index contributed by atoms with van der Waals surface area (Å²) in [5, 5.41) is 11.3. The van der Waals surface area contributed by atoms with Gasteiger partial charge in [-0.05, 0) is 43.2 Å². The normalized spacial score (nSPS) is 19.8. The first kappa shape index (κ1) is 17.9. The van der Waals surface area contributed by atoms with Crippen LogP contribution < -0.4 is 10.5 Å². The molecule has 6 nitrogen and oxygen atoms in total. The molecule has 0 spiro atoms. The van der Waals surface area contributed by atoms with Gasteiger partial charge in [-0.3, -0.25) is 0 Å². The topological polar surface area (TPSA) is 83.6 Å². The molecular weight excluding hydrogens is 366 g/mol. The Morgan fingerprint density at radius 3 is 2.97 bits per heavy atom. The molecule has 6 heteroatoms. The number of H-pyrrole nitrogens is 1. The highest BCUT2D eigenvalue weighted by molar-refractivity contribution is 5.86. The summed E-state index contributed by atoms with van der Waals surface area (Å²) >= 11 is 0. The Morgan fingerprint density at radius 2 is 2.14 bits per heavy atom. The number of likely N-dealkylation sites (tertiary alicyclic amines) is 1. The monoisotopic (exact) mass is 390 g/mol. The van der Waals surface area contributed by atoms with Gasteiger partial charge >= 0.3 is 5.63 Å². The maximum Gasteiger partial charge on any atom is 0.347 e. The lowest BCUT2D eigenvalue weighted by molar-refractivity contribution is -0.922. The van der Waals surface area contributed by atoms with Crippen LogP contribution in [0.3, 0.4) is 0 Å². The van der Waals surface area contributed by atoms with E-state index < -0.39 is 5.63 Å². The first-order chi connectivity index (χ1) is 14.1. The Morgan fingerprint density at radius 1 is 1.28 bits per heavy atom. The van der Waals surface area contributed by atoms with Gasteiger partial charge in [0.1, 0.15) is 23.7 Å². The summed E-state index contributed by atoms with van der Waals surface area (Å²) in [6.45, 7) is 5.06. The highest BCUT2D eigenvalue weighted by Crippen LogP contribution is 2.28. The van der Waals surface area contributed by atoms with E-state index >= 15 is 0 Å². The van der Waals surface area contributed by atoms with E-state index in [1.54, 1.807) is 18.2 Å². The standard InChI is InChI=1S/C23H23N3O3/c1-14-5-4-10-26(12-14)13-17-20(27)9-8-15-11-16(23(28)29-21(15)17)22-24-18-6-2-3-7-19(18)25-22/h2-3,6-9,11,14,27H,4-5,10,12-13H2,1H3,(H,24,25)/p+1/t14-/m0/s1. The van der Waals surface area contributed by atoms with Crippen molar-refractivity contribution in [2.45, 2.75) is 26.3 Å². The number of aromatic hydroxyl groups is 1. The third-order valence-corrected chi connectivity index (χ3v) is 5.92. The smallest absolute Gasteiger partial charge is 0.347 e. The van der Waals surface area contributed by atoms with Crippen molar-refractivity contribution in [2.24, 2.45) is 5.92 Å². The third kappa shape index (κ3) is 3.29. The molecule has 1 fully saturated rings. The Bertz CT molecular complexity index is 1220. The highest BCUT2D eigenvalue weighted by atomic mass is 16.4. The summed E-state index contributed by atoms with van der Waals surface area (Å²) in [7, 11) is 0. The van der Waals surface area contributed by atoms with Gasteiger partial charge in [0.2, 0.25) is 0 Å². The summed E-state index contributed by atoms with van der Waals surface area (Å²) in [4.78, 5) is 21.9. The van der Waals surface area contributed by atoms with E-state index in [1.165, 1.54) is 17.7 Å². The van der Waals surface area contributed by atoms with Crippen molar-refractivity contribution in [1.82, 2.24) is 9.97 Å². The van der Waals surface area contributed by atoms with Gasteiger partial charge in [-0.15, -0.1) is 0 Å². The van der Waals surface area contributed by atoms with E-state index in [4.69, 9.17) is 4.42 Å². The molecule has 0 bridgehead atoms. The van der Waals surface area contributed by atoms with E-state index in [2.05, 4.69) is 16.9 Å². The highest BCUT2D eigenvalue weighted by Gasteiger charge is 2.23. The van der Waals surface area contributed by atoms with Crippen molar-refractivity contribution in [2.75, 3.05) is 13.1 Å². The lowest BCUT2D eigenvalue weighted by Crippen LogP contribution is -3.12. The number of phenolic OH excluding ortho intramolecular Hbond substituents is 1. The second-order valence-corrected chi connectivity index (χ2v) is 8.16. The molecule has 148 valence electrons. The Hall–Kier alpha value is -3.12. The number of benzene rings is 2. The van der Waals surface area contributed by atoms with Crippen molar-refractivity contribution in [3.8, 4) is 17.1 Å². The molecule has 0 amide bonds. The molecule has 2 atom stereocenters. The predicted molar refractivity (Wildman–Crippen MR) is 112 cm³/mol. The number of rotatable bonds is 3. The van der Waals surface area contributed by atoms with Crippen LogP contribution >= 0.6 is 0 Å². The first-order valence-electron chi connectivity index (χ1n) is 10.2. The second-order valence-electron chi connectivity index (χ2n) is 8.16. The lowest BCUT2D eigenvalue weighted by atomic mass is 9.99.